The van der Waals surface area contributed by atoms with E-state index in [2.05, 4.69) is 37.2 Å². The van der Waals surface area contributed by atoms with Gasteiger partial charge in [-0.2, -0.15) is 0 Å². The number of thiophene rings is 1. The Balaban J connectivity index is 2.13. The molecule has 1 N–H and O–H groups in total. The zero-order valence-corrected chi connectivity index (χ0v) is 12.7. The molecule has 1 aromatic heterocycles. The minimum atomic E-state index is -1.46. The van der Waals surface area contributed by atoms with Gasteiger partial charge in [-0.3, -0.25) is 0 Å². The fraction of sp³-hybridized carbons (Fsp3) is 0.0909. The van der Waals surface area contributed by atoms with Crippen LogP contribution in [0.5, 0.6) is 0 Å². The summed E-state index contributed by atoms with van der Waals surface area (Å²) in [5.41, 5.74) is -0.0606. The van der Waals surface area contributed by atoms with Crippen LogP contribution in [0, 0.1) is 17.5 Å². The van der Waals surface area contributed by atoms with Crippen LogP contribution < -0.4 is 5.32 Å². The summed E-state index contributed by atoms with van der Waals surface area (Å²) < 4.78 is 40.9. The van der Waals surface area contributed by atoms with Crippen molar-refractivity contribution >= 4 is 48.9 Å². The van der Waals surface area contributed by atoms with E-state index in [1.165, 1.54) is 17.4 Å². The minimum absolute atomic E-state index is 0.0606. The Morgan fingerprint density at radius 1 is 1.11 bits per heavy atom. The summed E-state index contributed by atoms with van der Waals surface area (Å²) in [6.45, 7) is 0.330. The highest BCUT2D eigenvalue weighted by molar-refractivity contribution is 9.13. The minimum Gasteiger partial charge on any atom is -0.378 e. The van der Waals surface area contributed by atoms with E-state index >= 15 is 0 Å². The SMILES string of the molecule is Fc1ccc(NCc2cc(Br)c(Br)s2)c(F)c1F. The van der Waals surface area contributed by atoms with Gasteiger partial charge in [0.2, 0.25) is 0 Å². The van der Waals surface area contributed by atoms with Crippen molar-refractivity contribution in [3.8, 4) is 0 Å². The topological polar surface area (TPSA) is 12.0 Å². The largest absolute Gasteiger partial charge is 0.378 e. The highest BCUT2D eigenvalue weighted by Gasteiger charge is 2.13. The first-order valence-electron chi connectivity index (χ1n) is 4.80. The van der Waals surface area contributed by atoms with Crippen molar-refractivity contribution in [2.24, 2.45) is 0 Å². The Hall–Kier alpha value is -0.530. The van der Waals surface area contributed by atoms with Crippen LogP contribution in [-0.4, -0.2) is 0 Å². The molecule has 2 aromatic rings. The fourth-order valence-electron chi connectivity index (χ4n) is 1.32. The molecule has 0 amide bonds. The molecule has 1 nitrogen and oxygen atoms in total. The molecule has 96 valence electrons. The molecule has 0 aliphatic carbocycles. The van der Waals surface area contributed by atoms with Crippen LogP contribution in [0.3, 0.4) is 0 Å². The van der Waals surface area contributed by atoms with E-state index in [0.29, 0.717) is 6.54 Å². The van der Waals surface area contributed by atoms with Gasteiger partial charge in [0.1, 0.15) is 0 Å². The molecule has 0 atom stereocenters. The van der Waals surface area contributed by atoms with Crippen LogP contribution in [0.25, 0.3) is 0 Å². The van der Waals surface area contributed by atoms with E-state index in [0.717, 1.165) is 19.2 Å². The molecule has 2 rings (SSSR count). The van der Waals surface area contributed by atoms with Gasteiger partial charge in [-0.25, -0.2) is 13.2 Å². The van der Waals surface area contributed by atoms with E-state index in [1.54, 1.807) is 0 Å². The standard InChI is InChI=1S/C11H6Br2F3NS/c12-6-3-5(18-11(6)13)4-17-8-2-1-7(14)9(15)10(8)16/h1-3,17H,4H2. The Bertz CT molecular complexity index is 566. The molecule has 7 heteroatoms. The van der Waals surface area contributed by atoms with Crippen molar-refractivity contribution in [1.82, 2.24) is 0 Å². The summed E-state index contributed by atoms with van der Waals surface area (Å²) in [5.74, 6) is -3.86. The van der Waals surface area contributed by atoms with Gasteiger partial charge in [0.15, 0.2) is 17.5 Å². The third-order valence-corrected chi connectivity index (χ3v) is 5.44. The van der Waals surface area contributed by atoms with E-state index < -0.39 is 17.5 Å². The lowest BCUT2D eigenvalue weighted by Crippen LogP contribution is -2.02. The zero-order valence-electron chi connectivity index (χ0n) is 8.74. The summed E-state index contributed by atoms with van der Waals surface area (Å²) in [6, 6.07) is 3.92. The second kappa shape index (κ2) is 5.63. The molecule has 1 heterocycles. The molecule has 0 radical (unpaired) electrons. The maximum atomic E-state index is 13.4. The average molecular weight is 401 g/mol. The third kappa shape index (κ3) is 2.89. The number of benzene rings is 1. The van der Waals surface area contributed by atoms with Gasteiger partial charge in [0, 0.05) is 15.9 Å². The summed E-state index contributed by atoms with van der Waals surface area (Å²) in [5, 5.41) is 2.72. The highest BCUT2D eigenvalue weighted by atomic mass is 79.9. The van der Waals surface area contributed by atoms with Crippen LogP contribution in [-0.2, 0) is 6.54 Å². The molecule has 0 aliphatic heterocycles. The molecule has 1 aromatic carbocycles. The summed E-state index contributed by atoms with van der Waals surface area (Å²) in [6.07, 6.45) is 0. The van der Waals surface area contributed by atoms with Gasteiger partial charge >= 0.3 is 0 Å². The highest BCUT2D eigenvalue weighted by Crippen LogP contribution is 2.33. The predicted octanol–water partition coefficient (Wildman–Crippen LogP) is 5.30. The third-order valence-electron chi connectivity index (χ3n) is 2.18. The van der Waals surface area contributed by atoms with Gasteiger partial charge in [-0.15, -0.1) is 11.3 Å². The van der Waals surface area contributed by atoms with Crippen LogP contribution in [0.4, 0.5) is 18.9 Å². The number of nitrogens with one attached hydrogen (secondary N) is 1. The summed E-state index contributed by atoms with van der Waals surface area (Å²) >= 11 is 8.13. The van der Waals surface area contributed by atoms with Crippen molar-refractivity contribution in [1.29, 1.82) is 0 Å². The first-order valence-corrected chi connectivity index (χ1v) is 7.20. The Morgan fingerprint density at radius 2 is 1.83 bits per heavy atom. The maximum absolute atomic E-state index is 13.4. The van der Waals surface area contributed by atoms with Crippen molar-refractivity contribution in [2.45, 2.75) is 6.54 Å². The molecule has 0 spiro atoms. The van der Waals surface area contributed by atoms with Crippen molar-refractivity contribution in [3.05, 3.63) is 48.8 Å². The molecular formula is C11H6Br2F3NS. The van der Waals surface area contributed by atoms with E-state index in [4.69, 9.17) is 0 Å². The van der Waals surface area contributed by atoms with Crippen molar-refractivity contribution in [3.63, 3.8) is 0 Å². The second-order valence-corrected chi connectivity index (χ2v) is 6.72. The Labute approximate surface area is 122 Å². The molecule has 0 fully saturated rings. The van der Waals surface area contributed by atoms with Crippen molar-refractivity contribution in [2.75, 3.05) is 5.32 Å². The summed E-state index contributed by atoms with van der Waals surface area (Å²) in [7, 11) is 0. The van der Waals surface area contributed by atoms with Crippen LogP contribution >= 0.6 is 43.2 Å². The molecule has 0 aliphatic rings. The smallest absolute Gasteiger partial charge is 0.196 e. The van der Waals surface area contributed by atoms with Crippen LogP contribution in [0.1, 0.15) is 4.88 Å². The summed E-state index contributed by atoms with van der Waals surface area (Å²) in [4.78, 5) is 0.929. The monoisotopic (exact) mass is 399 g/mol. The molecule has 0 bridgehead atoms. The van der Waals surface area contributed by atoms with Gasteiger partial charge in [-0.1, -0.05) is 0 Å². The van der Waals surface area contributed by atoms with Crippen molar-refractivity contribution < 1.29 is 13.2 Å². The normalized spacial score (nSPS) is 10.7. The zero-order chi connectivity index (χ0) is 13.3. The van der Waals surface area contributed by atoms with Crippen LogP contribution in [0.15, 0.2) is 26.5 Å². The van der Waals surface area contributed by atoms with Crippen LogP contribution in [0.2, 0.25) is 0 Å². The molecule has 0 unspecified atom stereocenters. The quantitative estimate of drug-likeness (QED) is 0.689. The molecule has 0 saturated carbocycles. The van der Waals surface area contributed by atoms with Gasteiger partial charge in [-0.05, 0) is 50.1 Å². The van der Waals surface area contributed by atoms with Gasteiger partial charge < -0.3 is 5.32 Å². The lowest BCUT2D eigenvalue weighted by Gasteiger charge is -2.06. The molecule has 18 heavy (non-hydrogen) atoms. The first kappa shape index (κ1) is 13.9. The van der Waals surface area contributed by atoms with E-state index in [9.17, 15) is 13.2 Å². The number of halogens is 5. The lowest BCUT2D eigenvalue weighted by molar-refractivity contribution is 0.449. The average Bonchev–Trinajstić information content (AvgIpc) is 2.65. The Kier molecular flexibility index (Phi) is 4.34. The van der Waals surface area contributed by atoms with Gasteiger partial charge in [0.05, 0.1) is 9.47 Å². The van der Waals surface area contributed by atoms with E-state index in [-0.39, 0.29) is 5.69 Å². The lowest BCUT2D eigenvalue weighted by atomic mass is 10.2. The molecular weight excluding hydrogens is 395 g/mol. The molecule has 0 saturated heterocycles. The number of anilines is 1. The first-order chi connectivity index (χ1) is 8.49. The fourth-order valence-corrected chi connectivity index (χ4v) is 3.44. The number of hydrogen-bond acceptors (Lipinski definition) is 2. The number of rotatable bonds is 3. The Morgan fingerprint density at radius 3 is 2.44 bits per heavy atom. The number of hydrogen-bond donors (Lipinski definition) is 1. The predicted molar refractivity (Wildman–Crippen MR) is 73.4 cm³/mol. The van der Waals surface area contributed by atoms with Gasteiger partial charge in [0.25, 0.3) is 0 Å². The second-order valence-electron chi connectivity index (χ2n) is 3.41. The maximum Gasteiger partial charge on any atom is 0.196 e. The van der Waals surface area contributed by atoms with E-state index in [1.807, 2.05) is 6.07 Å².